The van der Waals surface area contributed by atoms with E-state index in [1.54, 1.807) is 25.5 Å². The highest BCUT2D eigenvalue weighted by Crippen LogP contribution is 2.19. The maximum atomic E-state index is 5.36. The first-order valence-corrected chi connectivity index (χ1v) is 8.49. The normalized spacial score (nSPS) is 11.4. The van der Waals surface area contributed by atoms with Crippen LogP contribution in [0.25, 0.3) is 0 Å². The van der Waals surface area contributed by atoms with E-state index in [2.05, 4.69) is 38.8 Å². The van der Waals surface area contributed by atoms with Crippen molar-refractivity contribution in [2.75, 3.05) is 20.7 Å². The van der Waals surface area contributed by atoms with Gasteiger partial charge in [-0.05, 0) is 37.5 Å². The Morgan fingerprint density at radius 2 is 2.13 bits per heavy atom. The van der Waals surface area contributed by atoms with Crippen LogP contribution in [0.2, 0.25) is 0 Å². The fourth-order valence-corrected chi connectivity index (χ4v) is 2.94. The van der Waals surface area contributed by atoms with Gasteiger partial charge in [0.25, 0.3) is 0 Å². The summed E-state index contributed by atoms with van der Waals surface area (Å²) in [6.07, 6.45) is 0.914. The van der Waals surface area contributed by atoms with Crippen LogP contribution < -0.4 is 15.4 Å². The maximum Gasteiger partial charge on any atom is 0.191 e. The Morgan fingerprint density at radius 1 is 1.30 bits per heavy atom. The molecule has 124 valence electrons. The number of thiazole rings is 1. The molecular weight excluding hydrogens is 308 g/mol. The largest absolute Gasteiger partial charge is 0.496 e. The second-order valence-corrected chi connectivity index (χ2v) is 6.21. The van der Waals surface area contributed by atoms with Crippen LogP contribution in [0.3, 0.4) is 0 Å². The van der Waals surface area contributed by atoms with Crippen LogP contribution in [0, 0.1) is 13.8 Å². The summed E-state index contributed by atoms with van der Waals surface area (Å²) in [6, 6.07) is 6.32. The summed E-state index contributed by atoms with van der Waals surface area (Å²) in [4.78, 5) is 9.73. The quantitative estimate of drug-likeness (QED) is 0.631. The van der Waals surface area contributed by atoms with Crippen LogP contribution in [0.5, 0.6) is 5.75 Å². The second-order valence-electron chi connectivity index (χ2n) is 5.27. The van der Waals surface area contributed by atoms with E-state index in [4.69, 9.17) is 4.74 Å². The van der Waals surface area contributed by atoms with Crippen molar-refractivity contribution in [1.82, 2.24) is 15.6 Å². The van der Waals surface area contributed by atoms with Gasteiger partial charge in [0.1, 0.15) is 5.75 Å². The van der Waals surface area contributed by atoms with E-state index in [9.17, 15) is 0 Å². The fraction of sp³-hybridized carbons (Fsp3) is 0.412. The third-order valence-corrected chi connectivity index (χ3v) is 4.60. The van der Waals surface area contributed by atoms with Gasteiger partial charge in [-0.2, -0.15) is 0 Å². The molecule has 23 heavy (non-hydrogen) atoms. The van der Waals surface area contributed by atoms with Crippen molar-refractivity contribution in [1.29, 1.82) is 0 Å². The minimum absolute atomic E-state index is 0.745. The molecule has 1 heterocycles. The highest BCUT2D eigenvalue weighted by molar-refractivity contribution is 7.09. The van der Waals surface area contributed by atoms with Gasteiger partial charge in [-0.15, -0.1) is 11.3 Å². The molecular formula is C17H24N4OS. The Kier molecular flexibility index (Phi) is 6.40. The van der Waals surface area contributed by atoms with Crippen molar-refractivity contribution in [2.45, 2.75) is 26.8 Å². The Labute approximate surface area is 141 Å². The number of benzene rings is 1. The van der Waals surface area contributed by atoms with Gasteiger partial charge < -0.3 is 15.4 Å². The molecule has 2 aromatic rings. The second kappa shape index (κ2) is 8.53. The monoisotopic (exact) mass is 332 g/mol. The summed E-state index contributed by atoms with van der Waals surface area (Å²) in [7, 11) is 3.49. The molecule has 6 heteroatoms. The topological polar surface area (TPSA) is 58.5 Å². The lowest BCUT2D eigenvalue weighted by molar-refractivity contribution is 0.411. The van der Waals surface area contributed by atoms with Crippen LogP contribution in [0.15, 0.2) is 28.7 Å². The number of aliphatic imine (C=N–C) groups is 1. The average molecular weight is 332 g/mol. The van der Waals surface area contributed by atoms with Crippen LogP contribution in [0.1, 0.15) is 21.7 Å². The zero-order valence-corrected chi connectivity index (χ0v) is 15.0. The minimum atomic E-state index is 0.745. The predicted molar refractivity (Wildman–Crippen MR) is 96.5 cm³/mol. The molecule has 2 N–H and O–H groups in total. The Balaban J connectivity index is 1.81. The van der Waals surface area contributed by atoms with Crippen LogP contribution in [0.4, 0.5) is 0 Å². The molecule has 0 saturated heterocycles. The number of nitrogens with one attached hydrogen (secondary N) is 2. The van der Waals surface area contributed by atoms with E-state index in [1.807, 2.05) is 19.4 Å². The number of nitrogens with zero attached hydrogens (tertiary/aromatic N) is 2. The molecule has 0 amide bonds. The first-order chi connectivity index (χ1) is 11.1. The van der Waals surface area contributed by atoms with Gasteiger partial charge in [-0.25, -0.2) is 4.98 Å². The third kappa shape index (κ3) is 4.96. The van der Waals surface area contributed by atoms with E-state index in [0.29, 0.717) is 0 Å². The zero-order chi connectivity index (χ0) is 16.7. The molecule has 0 aliphatic carbocycles. The highest BCUT2D eigenvalue weighted by atomic mass is 32.1. The molecule has 0 radical (unpaired) electrons. The molecule has 0 fully saturated rings. The maximum absolute atomic E-state index is 5.36. The van der Waals surface area contributed by atoms with Crippen molar-refractivity contribution >= 4 is 17.3 Å². The first kappa shape index (κ1) is 17.3. The zero-order valence-electron chi connectivity index (χ0n) is 14.1. The van der Waals surface area contributed by atoms with E-state index in [1.165, 1.54) is 10.4 Å². The van der Waals surface area contributed by atoms with E-state index < -0.39 is 0 Å². The number of aryl methyl sites for hydroxylation is 2. The summed E-state index contributed by atoms with van der Waals surface area (Å²) >= 11 is 1.66. The van der Waals surface area contributed by atoms with Crippen molar-refractivity contribution < 1.29 is 4.74 Å². The first-order valence-electron chi connectivity index (χ1n) is 7.61. The Hall–Kier alpha value is -2.08. The van der Waals surface area contributed by atoms with Gasteiger partial charge in [-0.1, -0.05) is 12.1 Å². The van der Waals surface area contributed by atoms with Crippen LogP contribution in [-0.4, -0.2) is 31.6 Å². The highest BCUT2D eigenvalue weighted by Gasteiger charge is 2.04. The van der Waals surface area contributed by atoms with Gasteiger partial charge in [0.05, 0.1) is 24.9 Å². The van der Waals surface area contributed by atoms with Gasteiger partial charge in [-0.3, -0.25) is 4.99 Å². The van der Waals surface area contributed by atoms with Crippen LogP contribution >= 0.6 is 11.3 Å². The summed E-state index contributed by atoms with van der Waals surface area (Å²) in [5.41, 5.74) is 5.34. The number of hydrogen-bond donors (Lipinski definition) is 2. The molecule has 5 nitrogen and oxygen atoms in total. The predicted octanol–water partition coefficient (Wildman–Crippen LogP) is 2.68. The Morgan fingerprint density at radius 3 is 2.78 bits per heavy atom. The third-order valence-electron chi connectivity index (χ3n) is 3.66. The van der Waals surface area contributed by atoms with Gasteiger partial charge in [0.15, 0.2) is 5.96 Å². The molecule has 0 aliphatic rings. The molecule has 0 aliphatic heterocycles. The average Bonchev–Trinajstić information content (AvgIpc) is 2.97. The lowest BCUT2D eigenvalue weighted by atomic mass is 10.1. The lowest BCUT2D eigenvalue weighted by Gasteiger charge is -2.12. The van der Waals surface area contributed by atoms with Gasteiger partial charge in [0, 0.05) is 18.5 Å². The molecule has 0 saturated carbocycles. The fourth-order valence-electron chi connectivity index (χ4n) is 2.23. The molecule has 0 bridgehead atoms. The van der Waals surface area contributed by atoms with Crippen molar-refractivity contribution in [3.63, 3.8) is 0 Å². The summed E-state index contributed by atoms with van der Waals surface area (Å²) in [6.45, 7) is 5.63. The number of rotatable bonds is 6. The molecule has 0 spiro atoms. The van der Waals surface area contributed by atoms with E-state index >= 15 is 0 Å². The Bertz CT molecular complexity index is 666. The van der Waals surface area contributed by atoms with Crippen molar-refractivity contribution in [2.24, 2.45) is 4.99 Å². The minimum Gasteiger partial charge on any atom is -0.496 e. The number of ether oxygens (including phenoxy) is 1. The summed E-state index contributed by atoms with van der Waals surface area (Å²) in [5, 5.41) is 6.65. The molecule has 0 unspecified atom stereocenters. The van der Waals surface area contributed by atoms with Crippen LogP contribution in [-0.2, 0) is 13.0 Å². The van der Waals surface area contributed by atoms with Gasteiger partial charge in [0.2, 0.25) is 0 Å². The summed E-state index contributed by atoms with van der Waals surface area (Å²) in [5.74, 6) is 1.74. The molecule has 1 aromatic carbocycles. The number of guanidine groups is 1. The smallest absolute Gasteiger partial charge is 0.191 e. The van der Waals surface area contributed by atoms with Crippen molar-refractivity contribution in [3.8, 4) is 5.75 Å². The molecule has 1 aromatic heterocycles. The number of methoxy groups -OCH3 is 1. The SMILES string of the molecule is CN=C(NCCc1ccc(C)c(OC)c1)NCc1scnc1C. The number of aromatic nitrogens is 1. The summed E-state index contributed by atoms with van der Waals surface area (Å²) < 4.78 is 5.36. The standard InChI is InChI=1S/C17H24N4OS/c1-12-5-6-14(9-15(12)22-4)7-8-19-17(18-3)20-10-16-13(2)21-11-23-16/h5-6,9,11H,7-8,10H2,1-4H3,(H2,18,19,20). The van der Waals surface area contributed by atoms with E-state index in [-0.39, 0.29) is 0 Å². The van der Waals surface area contributed by atoms with Crippen molar-refractivity contribution in [3.05, 3.63) is 45.4 Å². The lowest BCUT2D eigenvalue weighted by Crippen LogP contribution is -2.37. The van der Waals surface area contributed by atoms with E-state index in [0.717, 1.165) is 42.5 Å². The number of hydrogen-bond acceptors (Lipinski definition) is 4. The molecule has 0 atom stereocenters. The van der Waals surface area contributed by atoms with Gasteiger partial charge >= 0.3 is 0 Å². The molecule has 2 rings (SSSR count).